The first-order valence-corrected chi connectivity index (χ1v) is 5.02. The zero-order chi connectivity index (χ0) is 10.2. The Morgan fingerprint density at radius 3 is 1.87 bits per heavy atom. The Morgan fingerprint density at radius 1 is 1.07 bits per heavy atom. The van der Waals surface area contributed by atoms with E-state index in [0.717, 1.165) is 31.9 Å². The predicted octanol–water partition coefficient (Wildman–Crippen LogP) is 1.18. The molecule has 0 bridgehead atoms. The van der Waals surface area contributed by atoms with Gasteiger partial charge in [0.2, 0.25) is 0 Å². The molecule has 1 heterocycles. The van der Waals surface area contributed by atoms with Crippen LogP contribution in [0.1, 0.15) is 5.56 Å². The first kappa shape index (κ1) is 14.2. The molecule has 1 saturated heterocycles. The first-order valence-electron chi connectivity index (χ1n) is 5.02. The highest BCUT2D eigenvalue weighted by Gasteiger charge is 1.91. The summed E-state index contributed by atoms with van der Waals surface area (Å²) in [5.41, 5.74) is 7.51. The van der Waals surface area contributed by atoms with E-state index >= 15 is 0 Å². The number of anilines is 1. The SMILES string of the molecule is C1CNCCN1.Cc1cccc(N)c1.Cl. The molecule has 1 aliphatic rings. The van der Waals surface area contributed by atoms with Gasteiger partial charge in [0.15, 0.2) is 0 Å². The number of nitrogens with one attached hydrogen (secondary N) is 2. The molecule has 0 spiro atoms. The van der Waals surface area contributed by atoms with Gasteiger partial charge in [-0.25, -0.2) is 0 Å². The maximum Gasteiger partial charge on any atom is 0.0316 e. The Kier molecular flexibility index (Phi) is 8.09. The summed E-state index contributed by atoms with van der Waals surface area (Å²) in [7, 11) is 0. The van der Waals surface area contributed by atoms with Crippen LogP contribution in [0.3, 0.4) is 0 Å². The van der Waals surface area contributed by atoms with E-state index in [1.807, 2.05) is 31.2 Å². The van der Waals surface area contributed by atoms with E-state index in [9.17, 15) is 0 Å². The standard InChI is InChI=1S/C7H9N.C4H10N2.ClH/c1-6-3-2-4-7(8)5-6;1-2-6-4-3-5-1;/h2-5H,8H2,1H3;5-6H,1-4H2;1H. The lowest BCUT2D eigenvalue weighted by molar-refractivity contribution is 0.534. The first-order chi connectivity index (χ1) is 6.79. The van der Waals surface area contributed by atoms with Gasteiger partial charge in [0.25, 0.3) is 0 Å². The molecular formula is C11H20ClN3. The second-order valence-electron chi connectivity index (χ2n) is 3.41. The number of nitrogens with two attached hydrogens (primary N) is 1. The largest absolute Gasteiger partial charge is 0.399 e. The summed E-state index contributed by atoms with van der Waals surface area (Å²) >= 11 is 0. The van der Waals surface area contributed by atoms with Crippen LogP contribution >= 0.6 is 12.4 Å². The quantitative estimate of drug-likeness (QED) is 0.586. The predicted molar refractivity (Wildman–Crippen MR) is 68.6 cm³/mol. The number of hydrogen-bond acceptors (Lipinski definition) is 3. The van der Waals surface area contributed by atoms with Crippen molar-refractivity contribution in [3.05, 3.63) is 29.8 Å². The Balaban J connectivity index is 0.000000253. The Bertz CT molecular complexity index is 233. The van der Waals surface area contributed by atoms with Crippen molar-refractivity contribution in [1.29, 1.82) is 0 Å². The molecule has 0 unspecified atom stereocenters. The Morgan fingerprint density at radius 2 is 1.60 bits per heavy atom. The maximum absolute atomic E-state index is 5.46. The lowest BCUT2D eigenvalue weighted by Crippen LogP contribution is -2.39. The average molecular weight is 230 g/mol. The molecule has 15 heavy (non-hydrogen) atoms. The molecular weight excluding hydrogens is 210 g/mol. The van der Waals surface area contributed by atoms with Gasteiger partial charge in [0, 0.05) is 31.9 Å². The smallest absolute Gasteiger partial charge is 0.0316 e. The van der Waals surface area contributed by atoms with Crippen molar-refractivity contribution in [2.75, 3.05) is 31.9 Å². The van der Waals surface area contributed by atoms with Crippen LogP contribution in [0.2, 0.25) is 0 Å². The summed E-state index contributed by atoms with van der Waals surface area (Å²) in [5, 5.41) is 6.44. The number of aryl methyl sites for hydroxylation is 1. The van der Waals surface area contributed by atoms with Gasteiger partial charge < -0.3 is 16.4 Å². The molecule has 0 aliphatic carbocycles. The minimum Gasteiger partial charge on any atom is -0.399 e. The van der Waals surface area contributed by atoms with E-state index in [0.29, 0.717) is 0 Å². The van der Waals surface area contributed by atoms with E-state index in [1.165, 1.54) is 5.56 Å². The molecule has 86 valence electrons. The topological polar surface area (TPSA) is 50.1 Å². The molecule has 1 aliphatic heterocycles. The van der Waals surface area contributed by atoms with E-state index in [4.69, 9.17) is 5.73 Å². The van der Waals surface area contributed by atoms with Crippen molar-refractivity contribution in [1.82, 2.24) is 10.6 Å². The van der Waals surface area contributed by atoms with Crippen molar-refractivity contribution in [3.8, 4) is 0 Å². The number of benzene rings is 1. The van der Waals surface area contributed by atoms with Gasteiger partial charge in [0.05, 0.1) is 0 Å². The number of piperazine rings is 1. The van der Waals surface area contributed by atoms with Crippen molar-refractivity contribution in [2.24, 2.45) is 0 Å². The van der Waals surface area contributed by atoms with Crippen LogP contribution in [0, 0.1) is 6.92 Å². The van der Waals surface area contributed by atoms with Crippen molar-refractivity contribution >= 4 is 18.1 Å². The molecule has 0 saturated carbocycles. The molecule has 4 N–H and O–H groups in total. The van der Waals surface area contributed by atoms with E-state index in [1.54, 1.807) is 0 Å². The number of hydrogen-bond donors (Lipinski definition) is 3. The van der Waals surface area contributed by atoms with Crippen LogP contribution in [0.5, 0.6) is 0 Å². The van der Waals surface area contributed by atoms with Crippen LogP contribution in [0.4, 0.5) is 5.69 Å². The molecule has 0 atom stereocenters. The second-order valence-corrected chi connectivity index (χ2v) is 3.41. The summed E-state index contributed by atoms with van der Waals surface area (Å²) in [4.78, 5) is 0. The van der Waals surface area contributed by atoms with Gasteiger partial charge in [-0.1, -0.05) is 12.1 Å². The third-order valence-corrected chi connectivity index (χ3v) is 2.00. The van der Waals surface area contributed by atoms with Crippen LogP contribution in [-0.4, -0.2) is 26.2 Å². The normalized spacial score (nSPS) is 14.5. The molecule has 1 aromatic rings. The second kappa shape index (κ2) is 8.53. The Hall–Kier alpha value is -0.770. The summed E-state index contributed by atoms with van der Waals surface area (Å²) in [6.45, 7) is 6.58. The monoisotopic (exact) mass is 229 g/mol. The summed E-state index contributed by atoms with van der Waals surface area (Å²) in [5.74, 6) is 0. The van der Waals surface area contributed by atoms with Gasteiger partial charge in [0.1, 0.15) is 0 Å². The molecule has 1 fully saturated rings. The highest BCUT2D eigenvalue weighted by molar-refractivity contribution is 5.85. The number of nitrogen functional groups attached to an aromatic ring is 1. The summed E-state index contributed by atoms with van der Waals surface area (Å²) in [6, 6.07) is 7.80. The molecule has 0 aromatic heterocycles. The van der Waals surface area contributed by atoms with Crippen LogP contribution in [0.25, 0.3) is 0 Å². The van der Waals surface area contributed by atoms with E-state index in [2.05, 4.69) is 10.6 Å². The third-order valence-electron chi connectivity index (χ3n) is 2.00. The third kappa shape index (κ3) is 7.19. The lowest BCUT2D eigenvalue weighted by Gasteiger charge is -2.11. The van der Waals surface area contributed by atoms with Crippen molar-refractivity contribution in [3.63, 3.8) is 0 Å². The van der Waals surface area contributed by atoms with E-state index in [-0.39, 0.29) is 12.4 Å². The van der Waals surface area contributed by atoms with Gasteiger partial charge in [-0.05, 0) is 24.6 Å². The number of halogens is 1. The average Bonchev–Trinajstić information content (AvgIpc) is 2.21. The molecule has 0 radical (unpaired) electrons. The fourth-order valence-electron chi connectivity index (χ4n) is 1.27. The van der Waals surface area contributed by atoms with Crippen LogP contribution in [0.15, 0.2) is 24.3 Å². The summed E-state index contributed by atoms with van der Waals surface area (Å²) < 4.78 is 0. The molecule has 4 heteroatoms. The minimum atomic E-state index is 0. The molecule has 3 nitrogen and oxygen atoms in total. The maximum atomic E-state index is 5.46. The number of rotatable bonds is 0. The minimum absolute atomic E-state index is 0. The fourth-order valence-corrected chi connectivity index (χ4v) is 1.27. The highest BCUT2D eigenvalue weighted by Crippen LogP contribution is 2.03. The molecule has 1 aromatic carbocycles. The Labute approximate surface area is 97.8 Å². The highest BCUT2D eigenvalue weighted by atomic mass is 35.5. The van der Waals surface area contributed by atoms with Gasteiger partial charge >= 0.3 is 0 Å². The molecule has 2 rings (SSSR count). The van der Waals surface area contributed by atoms with Crippen LogP contribution < -0.4 is 16.4 Å². The van der Waals surface area contributed by atoms with Gasteiger partial charge in [-0.2, -0.15) is 0 Å². The van der Waals surface area contributed by atoms with Gasteiger partial charge in [-0.3, -0.25) is 0 Å². The van der Waals surface area contributed by atoms with Gasteiger partial charge in [-0.15, -0.1) is 12.4 Å². The zero-order valence-corrected chi connectivity index (χ0v) is 9.94. The zero-order valence-electron chi connectivity index (χ0n) is 9.12. The van der Waals surface area contributed by atoms with Crippen LogP contribution in [-0.2, 0) is 0 Å². The fraction of sp³-hybridized carbons (Fsp3) is 0.455. The molecule has 0 amide bonds. The lowest BCUT2D eigenvalue weighted by atomic mass is 10.2. The van der Waals surface area contributed by atoms with Crippen molar-refractivity contribution < 1.29 is 0 Å². The van der Waals surface area contributed by atoms with E-state index < -0.39 is 0 Å². The summed E-state index contributed by atoms with van der Waals surface area (Å²) in [6.07, 6.45) is 0. The van der Waals surface area contributed by atoms with Crippen molar-refractivity contribution in [2.45, 2.75) is 6.92 Å².